The SMILES string of the molecule is CCO.[Cl][Ti][Cl].[NH-]C=O.[NH-]C=O. The molecular formula is C4H10Cl2N2O3Ti-2. The third kappa shape index (κ3) is 22800. The summed E-state index contributed by atoms with van der Waals surface area (Å²) in [5, 5.41) is 7.57. The zero-order chi connectivity index (χ0) is 10.8. The van der Waals surface area contributed by atoms with Crippen LogP contribution in [0.2, 0.25) is 0 Å². The van der Waals surface area contributed by atoms with Gasteiger partial charge in [-0.15, -0.1) is 0 Å². The van der Waals surface area contributed by atoms with Gasteiger partial charge in [0.1, 0.15) is 0 Å². The molecule has 0 radical (unpaired) electrons. The predicted molar refractivity (Wildman–Crippen MR) is 45.2 cm³/mol. The van der Waals surface area contributed by atoms with Gasteiger partial charge in [-0.3, -0.25) is 0 Å². The largest absolute Gasteiger partial charge is 0.671 e. The van der Waals surface area contributed by atoms with Crippen LogP contribution >= 0.6 is 18.6 Å². The van der Waals surface area contributed by atoms with Crippen molar-refractivity contribution in [3.05, 3.63) is 11.5 Å². The second-order valence-electron chi connectivity index (χ2n) is 0.623. The average molecular weight is 253 g/mol. The molecule has 2 amide bonds. The third-order valence-electron chi connectivity index (χ3n) is 0. The summed E-state index contributed by atoms with van der Waals surface area (Å²) in [4.78, 5) is 16.9. The van der Waals surface area contributed by atoms with E-state index < -0.39 is 17.0 Å². The third-order valence-corrected chi connectivity index (χ3v) is 0. The van der Waals surface area contributed by atoms with Gasteiger partial charge in [-0.25, -0.2) is 0 Å². The molecule has 0 saturated carbocycles. The molecule has 0 atom stereocenters. The van der Waals surface area contributed by atoms with Crippen LogP contribution in [0.4, 0.5) is 0 Å². The van der Waals surface area contributed by atoms with Crippen molar-refractivity contribution in [3.63, 3.8) is 0 Å². The van der Waals surface area contributed by atoms with Gasteiger partial charge in [0.05, 0.1) is 0 Å². The number of aliphatic hydroxyl groups excluding tert-OH is 1. The molecule has 0 aliphatic rings. The summed E-state index contributed by atoms with van der Waals surface area (Å²) in [7, 11) is 9.78. The summed E-state index contributed by atoms with van der Waals surface area (Å²) in [6.45, 7) is 1.93. The normalized spacial score (nSPS) is 4.67. The molecule has 3 N–H and O–H groups in total. The molecule has 0 unspecified atom stereocenters. The second kappa shape index (κ2) is 66.1. The van der Waals surface area contributed by atoms with Crippen LogP contribution in [0.25, 0.3) is 11.5 Å². The number of hydrogen-bond donors (Lipinski definition) is 1. The average Bonchev–Trinajstić information content (AvgIpc) is 1.92. The Balaban J connectivity index is -0.0000000356. The maximum Gasteiger partial charge on any atom is 0.0344 e. The van der Waals surface area contributed by atoms with Gasteiger partial charge in [-0.05, 0) is 6.92 Å². The standard InChI is InChI=1S/C2H6O.2CH3NO.2ClH.Ti/c1-2-3;2*2-1-3;;;/h3H,2H2,1H3;2*1H,(H2,2,3);2*1H;/q;;;;;+2/p-4. The molecule has 0 aromatic heterocycles. The van der Waals surface area contributed by atoms with E-state index in [0.29, 0.717) is 0 Å². The van der Waals surface area contributed by atoms with E-state index in [1.54, 1.807) is 6.92 Å². The molecule has 0 aliphatic heterocycles. The molecule has 12 heavy (non-hydrogen) atoms. The number of rotatable bonds is 0. The minimum atomic E-state index is -0.556. The van der Waals surface area contributed by atoms with E-state index >= 15 is 0 Å². The maximum absolute atomic E-state index is 8.47. The van der Waals surface area contributed by atoms with Crippen molar-refractivity contribution in [2.45, 2.75) is 6.92 Å². The van der Waals surface area contributed by atoms with Crippen LogP contribution in [-0.2, 0) is 26.6 Å². The zero-order valence-corrected chi connectivity index (χ0v) is 9.45. The van der Waals surface area contributed by atoms with Gasteiger partial charge in [0, 0.05) is 19.4 Å². The first-order valence-corrected chi connectivity index (χ1v) is 6.75. The van der Waals surface area contributed by atoms with E-state index in [0.717, 1.165) is 0 Å². The molecular weight excluding hydrogens is 243 g/mol. The van der Waals surface area contributed by atoms with Crippen LogP contribution in [0.5, 0.6) is 0 Å². The summed E-state index contributed by atoms with van der Waals surface area (Å²) >= 11 is -0.556. The van der Waals surface area contributed by atoms with Gasteiger partial charge in [0.15, 0.2) is 0 Å². The Morgan fingerprint density at radius 2 is 1.33 bits per heavy atom. The molecule has 8 heteroatoms. The Kier molecular flexibility index (Phi) is 125. The minimum Gasteiger partial charge on any atom is -0.671 e. The molecule has 0 spiro atoms. The molecule has 5 nitrogen and oxygen atoms in total. The Labute approximate surface area is 88.1 Å². The van der Waals surface area contributed by atoms with Gasteiger partial charge < -0.3 is 26.2 Å². The van der Waals surface area contributed by atoms with Crippen LogP contribution < -0.4 is 0 Å². The van der Waals surface area contributed by atoms with Crippen molar-refractivity contribution in [3.8, 4) is 0 Å². The number of carbonyl (C=O) groups is 2. The van der Waals surface area contributed by atoms with E-state index in [4.69, 9.17) is 44.8 Å². The number of amides is 2. The second-order valence-corrected chi connectivity index (χ2v) is 3.20. The van der Waals surface area contributed by atoms with Crippen molar-refractivity contribution in [2.24, 2.45) is 0 Å². The fourth-order valence-electron chi connectivity index (χ4n) is 0. The summed E-state index contributed by atoms with van der Waals surface area (Å²) < 4.78 is 0. The van der Waals surface area contributed by atoms with Gasteiger partial charge in [-0.1, -0.05) is 0 Å². The molecule has 0 aromatic rings. The molecule has 0 heterocycles. The van der Waals surface area contributed by atoms with E-state index in [1.807, 2.05) is 0 Å². The van der Waals surface area contributed by atoms with Crippen molar-refractivity contribution in [1.82, 2.24) is 0 Å². The fourth-order valence-corrected chi connectivity index (χ4v) is 0. The summed E-state index contributed by atoms with van der Waals surface area (Å²) in [6, 6.07) is 0. The van der Waals surface area contributed by atoms with E-state index in [1.165, 1.54) is 0 Å². The fraction of sp³-hybridized carbons (Fsp3) is 0.500. The van der Waals surface area contributed by atoms with Crippen LogP contribution in [0.15, 0.2) is 0 Å². The van der Waals surface area contributed by atoms with Gasteiger partial charge in [0.25, 0.3) is 0 Å². The monoisotopic (exact) mass is 252 g/mol. The number of nitrogens with one attached hydrogen (secondary N) is 2. The van der Waals surface area contributed by atoms with Gasteiger partial charge >= 0.3 is 35.6 Å². The maximum atomic E-state index is 8.47. The first-order chi connectivity index (χ1) is 5.66. The molecule has 0 saturated heterocycles. The van der Waals surface area contributed by atoms with Crippen molar-refractivity contribution >= 4 is 31.4 Å². The Morgan fingerprint density at radius 1 is 1.33 bits per heavy atom. The molecule has 0 aliphatic carbocycles. The predicted octanol–water partition coefficient (Wildman–Crippen LogP) is 1.77. The molecule has 0 rings (SSSR count). The topological polar surface area (TPSA) is 102 Å². The quantitative estimate of drug-likeness (QED) is 0.525. The summed E-state index contributed by atoms with van der Waals surface area (Å²) in [5.41, 5.74) is 11.1. The zero-order valence-electron chi connectivity index (χ0n) is 6.38. The first-order valence-electron chi connectivity index (χ1n) is 2.45. The smallest absolute Gasteiger partial charge is 0.0344 e. The molecule has 74 valence electrons. The number of carbonyl (C=O) groups excluding carboxylic acids is 2. The van der Waals surface area contributed by atoms with Gasteiger partial charge in [0.2, 0.25) is 0 Å². The number of hydrogen-bond acceptors (Lipinski definition) is 3. The molecule has 0 bridgehead atoms. The number of halogens is 2. The number of aliphatic hydroxyl groups is 1. The minimum absolute atomic E-state index is 0. The van der Waals surface area contributed by atoms with E-state index in [2.05, 4.69) is 0 Å². The molecule has 0 fully saturated rings. The van der Waals surface area contributed by atoms with Gasteiger partial charge in [-0.2, -0.15) is 0 Å². The Hall–Kier alpha value is 0.194. The van der Waals surface area contributed by atoms with Crippen LogP contribution in [0.3, 0.4) is 0 Å². The Morgan fingerprint density at radius 3 is 1.33 bits per heavy atom. The van der Waals surface area contributed by atoms with Crippen LogP contribution in [-0.4, -0.2) is 24.5 Å². The summed E-state index contributed by atoms with van der Waals surface area (Å²) in [5.74, 6) is 0. The van der Waals surface area contributed by atoms with Crippen molar-refractivity contribution < 1.29 is 31.7 Å². The van der Waals surface area contributed by atoms with Crippen molar-refractivity contribution in [2.75, 3.05) is 6.61 Å². The van der Waals surface area contributed by atoms with Crippen LogP contribution in [0, 0.1) is 0 Å². The molecule has 0 aromatic carbocycles. The first kappa shape index (κ1) is 22.8. The van der Waals surface area contributed by atoms with Crippen molar-refractivity contribution in [1.29, 1.82) is 0 Å². The summed E-state index contributed by atoms with van der Waals surface area (Å²) in [6.07, 6.45) is 0. The van der Waals surface area contributed by atoms with E-state index in [9.17, 15) is 0 Å². The Bertz CT molecular complexity index is 62.3. The van der Waals surface area contributed by atoms with Crippen LogP contribution in [0.1, 0.15) is 6.92 Å². The van der Waals surface area contributed by atoms with E-state index in [-0.39, 0.29) is 19.4 Å².